The van der Waals surface area contributed by atoms with Crippen LogP contribution in [0, 0.1) is 6.92 Å². The first-order chi connectivity index (χ1) is 14.1. The number of ether oxygens (including phenoxy) is 1. The highest BCUT2D eigenvalue weighted by Gasteiger charge is 2.38. The van der Waals surface area contributed by atoms with Gasteiger partial charge in [-0.2, -0.15) is 0 Å². The fourth-order valence-corrected chi connectivity index (χ4v) is 5.00. The van der Waals surface area contributed by atoms with Crippen molar-refractivity contribution in [1.82, 2.24) is 25.8 Å². The summed E-state index contributed by atoms with van der Waals surface area (Å²) in [6, 6.07) is 0. The zero-order valence-corrected chi connectivity index (χ0v) is 18.4. The third-order valence-electron chi connectivity index (χ3n) is 5.93. The van der Waals surface area contributed by atoms with Gasteiger partial charge in [0.05, 0.1) is 24.4 Å². The highest BCUT2D eigenvalue weighted by molar-refractivity contribution is 7.11. The SMILES string of the molecule is CN=C(NCCNC(=O)c1scnc1C)NCC1(N2CCOCC2)CCCCC1. The summed E-state index contributed by atoms with van der Waals surface area (Å²) in [5.41, 5.74) is 2.67. The van der Waals surface area contributed by atoms with Crippen molar-refractivity contribution in [1.29, 1.82) is 0 Å². The Kier molecular flexibility index (Phi) is 8.26. The molecule has 1 saturated heterocycles. The van der Waals surface area contributed by atoms with Gasteiger partial charge >= 0.3 is 0 Å². The number of rotatable bonds is 7. The van der Waals surface area contributed by atoms with E-state index in [1.54, 1.807) is 12.6 Å². The number of morpholine rings is 1. The van der Waals surface area contributed by atoms with E-state index in [1.807, 2.05) is 6.92 Å². The van der Waals surface area contributed by atoms with E-state index in [0.717, 1.165) is 44.5 Å². The number of aliphatic imine (C=N–C) groups is 1. The lowest BCUT2D eigenvalue weighted by Crippen LogP contribution is -2.60. The Morgan fingerprint density at radius 2 is 1.93 bits per heavy atom. The summed E-state index contributed by atoms with van der Waals surface area (Å²) in [6.45, 7) is 7.57. The van der Waals surface area contributed by atoms with Crippen LogP contribution in [-0.4, -0.2) is 80.3 Å². The van der Waals surface area contributed by atoms with Gasteiger partial charge in [0.2, 0.25) is 0 Å². The zero-order chi connectivity index (χ0) is 20.5. The topological polar surface area (TPSA) is 90.9 Å². The van der Waals surface area contributed by atoms with E-state index >= 15 is 0 Å². The average molecular weight is 423 g/mol. The van der Waals surface area contributed by atoms with Gasteiger partial charge in [0, 0.05) is 45.3 Å². The van der Waals surface area contributed by atoms with Crippen LogP contribution in [0.5, 0.6) is 0 Å². The Bertz CT molecular complexity index is 680. The highest BCUT2D eigenvalue weighted by Crippen LogP contribution is 2.33. The van der Waals surface area contributed by atoms with Gasteiger partial charge in [-0.15, -0.1) is 11.3 Å². The van der Waals surface area contributed by atoms with Crippen molar-refractivity contribution in [3.05, 3.63) is 16.1 Å². The van der Waals surface area contributed by atoms with E-state index in [1.165, 1.54) is 43.4 Å². The molecule has 29 heavy (non-hydrogen) atoms. The molecule has 1 amide bonds. The Morgan fingerprint density at radius 1 is 1.21 bits per heavy atom. The predicted octanol–water partition coefficient (Wildman–Crippen LogP) is 1.38. The lowest BCUT2D eigenvalue weighted by molar-refractivity contribution is -0.0352. The van der Waals surface area contributed by atoms with Crippen molar-refractivity contribution in [2.45, 2.75) is 44.6 Å². The number of aromatic nitrogens is 1. The van der Waals surface area contributed by atoms with Crippen LogP contribution in [0.3, 0.4) is 0 Å². The minimum atomic E-state index is -0.0665. The van der Waals surface area contributed by atoms with Crippen molar-refractivity contribution in [3.8, 4) is 0 Å². The Morgan fingerprint density at radius 3 is 2.59 bits per heavy atom. The molecule has 2 heterocycles. The second-order valence-corrected chi connectivity index (χ2v) is 8.61. The quantitative estimate of drug-likeness (QED) is 0.349. The Hall–Kier alpha value is -1.71. The number of hydrogen-bond acceptors (Lipinski definition) is 6. The van der Waals surface area contributed by atoms with E-state index in [4.69, 9.17) is 4.74 Å². The van der Waals surface area contributed by atoms with E-state index in [0.29, 0.717) is 18.0 Å². The Labute approximate surface area is 177 Å². The largest absolute Gasteiger partial charge is 0.379 e. The minimum absolute atomic E-state index is 0.0665. The third-order valence-corrected chi connectivity index (χ3v) is 6.86. The lowest BCUT2D eigenvalue weighted by atomic mass is 9.80. The number of thiazole rings is 1. The van der Waals surface area contributed by atoms with Gasteiger partial charge in [-0.1, -0.05) is 19.3 Å². The molecule has 8 nitrogen and oxygen atoms in total. The van der Waals surface area contributed by atoms with Crippen LogP contribution in [0.25, 0.3) is 0 Å². The molecule has 3 rings (SSSR count). The molecule has 9 heteroatoms. The fourth-order valence-electron chi connectivity index (χ4n) is 4.28. The van der Waals surface area contributed by atoms with Crippen LogP contribution in [0.15, 0.2) is 10.5 Å². The molecule has 1 saturated carbocycles. The summed E-state index contributed by atoms with van der Waals surface area (Å²) in [5.74, 6) is 0.717. The van der Waals surface area contributed by atoms with Gasteiger partial charge in [0.25, 0.3) is 5.91 Å². The van der Waals surface area contributed by atoms with E-state index in [-0.39, 0.29) is 11.4 Å². The van der Waals surface area contributed by atoms with E-state index < -0.39 is 0 Å². The molecule has 2 aliphatic rings. The van der Waals surface area contributed by atoms with E-state index in [9.17, 15) is 4.79 Å². The molecule has 1 aliphatic carbocycles. The summed E-state index contributed by atoms with van der Waals surface area (Å²) >= 11 is 1.37. The van der Waals surface area contributed by atoms with Crippen molar-refractivity contribution >= 4 is 23.2 Å². The average Bonchev–Trinajstić information content (AvgIpc) is 3.20. The molecule has 0 aromatic carbocycles. The summed E-state index contributed by atoms with van der Waals surface area (Å²) in [6.07, 6.45) is 6.35. The molecule has 1 aromatic heterocycles. The van der Waals surface area contributed by atoms with Crippen LogP contribution in [0.1, 0.15) is 47.5 Å². The molecular weight excluding hydrogens is 388 g/mol. The Balaban J connectivity index is 1.45. The first-order valence-corrected chi connectivity index (χ1v) is 11.5. The lowest BCUT2D eigenvalue weighted by Gasteiger charge is -2.48. The van der Waals surface area contributed by atoms with E-state index in [2.05, 4.69) is 30.8 Å². The maximum Gasteiger partial charge on any atom is 0.263 e. The standard InChI is InChI=1S/C20H34N6O2S/c1-16-17(29-15-25-16)18(27)22-8-9-23-19(21-2)24-14-20(6-4-3-5-7-20)26-10-12-28-13-11-26/h15H,3-14H2,1-2H3,(H,22,27)(H2,21,23,24). The summed E-state index contributed by atoms with van der Waals surface area (Å²) in [5, 5.41) is 9.79. The molecule has 0 spiro atoms. The normalized spacial score (nSPS) is 20.3. The van der Waals surface area contributed by atoms with Gasteiger partial charge in [-0.3, -0.25) is 14.7 Å². The van der Waals surface area contributed by atoms with Gasteiger partial charge in [-0.05, 0) is 19.8 Å². The zero-order valence-electron chi connectivity index (χ0n) is 17.6. The van der Waals surface area contributed by atoms with Crippen molar-refractivity contribution < 1.29 is 9.53 Å². The molecule has 0 bridgehead atoms. The number of nitrogens with zero attached hydrogens (tertiary/aromatic N) is 3. The number of nitrogens with one attached hydrogen (secondary N) is 3. The monoisotopic (exact) mass is 422 g/mol. The number of amides is 1. The maximum atomic E-state index is 12.2. The molecule has 2 fully saturated rings. The van der Waals surface area contributed by atoms with Crippen molar-refractivity contribution in [3.63, 3.8) is 0 Å². The van der Waals surface area contributed by atoms with Gasteiger partial charge in [0.1, 0.15) is 4.88 Å². The maximum absolute atomic E-state index is 12.2. The summed E-state index contributed by atoms with van der Waals surface area (Å²) in [7, 11) is 1.79. The predicted molar refractivity (Wildman–Crippen MR) is 117 cm³/mol. The van der Waals surface area contributed by atoms with Gasteiger partial charge in [-0.25, -0.2) is 4.98 Å². The molecule has 0 atom stereocenters. The van der Waals surface area contributed by atoms with Gasteiger partial charge < -0.3 is 20.7 Å². The first kappa shape index (κ1) is 22.0. The van der Waals surface area contributed by atoms with Crippen molar-refractivity contribution in [2.75, 3.05) is 53.0 Å². The first-order valence-electron chi connectivity index (χ1n) is 10.6. The van der Waals surface area contributed by atoms with Crippen LogP contribution < -0.4 is 16.0 Å². The number of aryl methyl sites for hydroxylation is 1. The second kappa shape index (κ2) is 10.9. The second-order valence-electron chi connectivity index (χ2n) is 7.76. The molecule has 3 N–H and O–H groups in total. The fraction of sp³-hybridized carbons (Fsp3) is 0.750. The molecule has 0 radical (unpaired) electrons. The molecule has 1 aromatic rings. The third kappa shape index (κ3) is 5.90. The van der Waals surface area contributed by atoms with Crippen LogP contribution in [0.2, 0.25) is 0 Å². The number of hydrogen-bond donors (Lipinski definition) is 3. The molecule has 0 unspecified atom stereocenters. The van der Waals surface area contributed by atoms with Crippen molar-refractivity contribution in [2.24, 2.45) is 4.99 Å². The smallest absolute Gasteiger partial charge is 0.263 e. The molecular formula is C20H34N6O2S. The van der Waals surface area contributed by atoms with Crippen LogP contribution in [0.4, 0.5) is 0 Å². The van der Waals surface area contributed by atoms with Gasteiger partial charge in [0.15, 0.2) is 5.96 Å². The molecule has 162 valence electrons. The highest BCUT2D eigenvalue weighted by atomic mass is 32.1. The summed E-state index contributed by atoms with van der Waals surface area (Å²) in [4.78, 5) is 23.9. The minimum Gasteiger partial charge on any atom is -0.379 e. The number of carbonyl (C=O) groups is 1. The van der Waals surface area contributed by atoms with Crippen LogP contribution in [-0.2, 0) is 4.74 Å². The molecule has 1 aliphatic heterocycles. The number of carbonyl (C=O) groups excluding carboxylic acids is 1. The van der Waals surface area contributed by atoms with Crippen LogP contribution >= 0.6 is 11.3 Å². The summed E-state index contributed by atoms with van der Waals surface area (Å²) < 4.78 is 5.57. The number of guanidine groups is 1.